The summed E-state index contributed by atoms with van der Waals surface area (Å²) in [5.74, 6) is 1.93. The van der Waals surface area contributed by atoms with E-state index in [1.165, 1.54) is 32.2 Å². The molecule has 5 heteroatoms. The quantitative estimate of drug-likeness (QED) is 0.280. The number of piperidine rings is 1. The Balaban J connectivity index is 0.00000441. The Morgan fingerprint density at radius 3 is 2.55 bits per heavy atom. The molecule has 0 bridgehead atoms. The maximum absolute atomic E-state index is 4.83. The minimum absolute atomic E-state index is 0. The highest BCUT2D eigenvalue weighted by Crippen LogP contribution is 2.15. The zero-order chi connectivity index (χ0) is 15.5. The normalized spacial score (nSPS) is 19.2. The van der Waals surface area contributed by atoms with Gasteiger partial charge >= 0.3 is 0 Å². The summed E-state index contributed by atoms with van der Waals surface area (Å²) in [6, 6.07) is 0. The lowest BCUT2D eigenvalue weighted by atomic mass is 10.0. The van der Waals surface area contributed by atoms with Crippen molar-refractivity contribution in [1.82, 2.24) is 15.1 Å². The predicted octanol–water partition coefficient (Wildman–Crippen LogP) is 3.42. The number of rotatable bonds is 8. The highest BCUT2D eigenvalue weighted by molar-refractivity contribution is 14.0. The molecule has 0 aliphatic carbocycles. The first-order valence-electron chi connectivity index (χ1n) is 8.96. The summed E-state index contributed by atoms with van der Waals surface area (Å²) < 4.78 is 0. The van der Waals surface area contributed by atoms with Crippen molar-refractivity contribution < 1.29 is 0 Å². The molecule has 0 aromatic heterocycles. The molecule has 0 amide bonds. The first kappa shape index (κ1) is 22.0. The van der Waals surface area contributed by atoms with Crippen molar-refractivity contribution >= 4 is 29.9 Å². The van der Waals surface area contributed by atoms with E-state index in [1.807, 2.05) is 0 Å². The van der Waals surface area contributed by atoms with E-state index in [4.69, 9.17) is 4.99 Å². The van der Waals surface area contributed by atoms with Crippen LogP contribution >= 0.6 is 24.0 Å². The Kier molecular flexibility index (Phi) is 13.4. The molecule has 1 saturated heterocycles. The molecule has 132 valence electrons. The number of unbranched alkanes of at least 4 members (excludes halogenated alkanes) is 1. The van der Waals surface area contributed by atoms with Crippen LogP contribution in [0.5, 0.6) is 0 Å². The van der Waals surface area contributed by atoms with Crippen molar-refractivity contribution in [2.24, 2.45) is 10.9 Å². The summed E-state index contributed by atoms with van der Waals surface area (Å²) in [7, 11) is 0. The Morgan fingerprint density at radius 1 is 1.23 bits per heavy atom. The fraction of sp³-hybridized carbons (Fsp3) is 0.941. The zero-order valence-corrected chi connectivity index (χ0v) is 17.4. The van der Waals surface area contributed by atoms with Gasteiger partial charge in [0.15, 0.2) is 5.96 Å². The third kappa shape index (κ3) is 8.56. The summed E-state index contributed by atoms with van der Waals surface area (Å²) in [4.78, 5) is 9.77. The first-order valence-corrected chi connectivity index (χ1v) is 8.96. The van der Waals surface area contributed by atoms with Crippen molar-refractivity contribution in [3.05, 3.63) is 0 Å². The predicted molar refractivity (Wildman–Crippen MR) is 108 cm³/mol. The number of likely N-dealkylation sites (tertiary alicyclic amines) is 1. The largest absolute Gasteiger partial charge is 0.357 e. The van der Waals surface area contributed by atoms with Gasteiger partial charge in [-0.3, -0.25) is 4.99 Å². The molecule has 1 N–H and O–H groups in total. The van der Waals surface area contributed by atoms with E-state index in [9.17, 15) is 0 Å². The van der Waals surface area contributed by atoms with Crippen LogP contribution in [0.4, 0.5) is 0 Å². The van der Waals surface area contributed by atoms with Crippen LogP contribution in [-0.4, -0.2) is 61.6 Å². The number of halogens is 1. The zero-order valence-electron chi connectivity index (χ0n) is 15.1. The number of aliphatic imine (C=N–C) groups is 1. The summed E-state index contributed by atoms with van der Waals surface area (Å²) in [6.45, 7) is 16.7. The fourth-order valence-corrected chi connectivity index (χ4v) is 2.98. The topological polar surface area (TPSA) is 30.9 Å². The van der Waals surface area contributed by atoms with E-state index >= 15 is 0 Å². The molecule has 1 aliphatic heterocycles. The smallest absolute Gasteiger partial charge is 0.193 e. The molecule has 0 aromatic rings. The summed E-state index contributed by atoms with van der Waals surface area (Å²) in [5, 5.41) is 3.46. The van der Waals surface area contributed by atoms with Gasteiger partial charge in [-0.15, -0.1) is 24.0 Å². The van der Waals surface area contributed by atoms with Crippen molar-refractivity contribution in [2.75, 3.05) is 45.8 Å². The third-order valence-corrected chi connectivity index (χ3v) is 4.33. The van der Waals surface area contributed by atoms with Crippen LogP contribution in [0, 0.1) is 5.92 Å². The third-order valence-electron chi connectivity index (χ3n) is 4.33. The molecule has 1 unspecified atom stereocenters. The van der Waals surface area contributed by atoms with E-state index < -0.39 is 0 Å². The van der Waals surface area contributed by atoms with E-state index in [1.54, 1.807) is 0 Å². The van der Waals surface area contributed by atoms with Crippen LogP contribution < -0.4 is 5.32 Å². The van der Waals surface area contributed by atoms with Crippen molar-refractivity contribution in [1.29, 1.82) is 0 Å². The van der Waals surface area contributed by atoms with Crippen molar-refractivity contribution in [3.63, 3.8) is 0 Å². The second kappa shape index (κ2) is 13.4. The maximum atomic E-state index is 4.83. The van der Waals surface area contributed by atoms with Gasteiger partial charge in [-0.1, -0.05) is 20.8 Å². The van der Waals surface area contributed by atoms with Gasteiger partial charge < -0.3 is 15.1 Å². The van der Waals surface area contributed by atoms with E-state index in [0.717, 1.165) is 51.1 Å². The van der Waals surface area contributed by atoms with Crippen molar-refractivity contribution in [3.8, 4) is 0 Å². The first-order chi connectivity index (χ1) is 10.2. The molecule has 0 radical (unpaired) electrons. The van der Waals surface area contributed by atoms with Gasteiger partial charge in [0.1, 0.15) is 0 Å². The SMILES string of the molecule is CCNC(=NCCCCN(CC)CC)N1CCCC(C)C1.I. The Labute approximate surface area is 155 Å². The van der Waals surface area contributed by atoms with Gasteiger partial charge in [0.25, 0.3) is 0 Å². The van der Waals surface area contributed by atoms with Gasteiger partial charge in [-0.2, -0.15) is 0 Å². The number of hydrogen-bond donors (Lipinski definition) is 1. The summed E-state index contributed by atoms with van der Waals surface area (Å²) >= 11 is 0. The lowest BCUT2D eigenvalue weighted by Crippen LogP contribution is -2.46. The molecule has 0 spiro atoms. The summed E-state index contributed by atoms with van der Waals surface area (Å²) in [5.41, 5.74) is 0. The van der Waals surface area contributed by atoms with Crippen LogP contribution in [0.2, 0.25) is 0 Å². The fourth-order valence-electron chi connectivity index (χ4n) is 2.98. The molecule has 0 aromatic carbocycles. The monoisotopic (exact) mass is 424 g/mol. The lowest BCUT2D eigenvalue weighted by Gasteiger charge is -2.33. The standard InChI is InChI=1S/C17H36N4.HI/c1-5-18-17(21-14-10-11-16(4)15-21)19-12-8-9-13-20(6-2)7-3;/h16H,5-15H2,1-4H3,(H,18,19);1H. The molecule has 0 saturated carbocycles. The van der Waals surface area contributed by atoms with Gasteiger partial charge in [0, 0.05) is 26.2 Å². The molecule has 1 atom stereocenters. The maximum Gasteiger partial charge on any atom is 0.193 e. The molecule has 22 heavy (non-hydrogen) atoms. The number of hydrogen-bond acceptors (Lipinski definition) is 2. The Bertz CT molecular complexity index is 292. The minimum atomic E-state index is 0. The number of nitrogens with zero attached hydrogens (tertiary/aromatic N) is 3. The average molecular weight is 424 g/mol. The van der Waals surface area contributed by atoms with Crippen LogP contribution in [0.25, 0.3) is 0 Å². The van der Waals surface area contributed by atoms with Gasteiger partial charge in [-0.05, 0) is 58.2 Å². The van der Waals surface area contributed by atoms with Crippen LogP contribution in [-0.2, 0) is 0 Å². The van der Waals surface area contributed by atoms with Crippen LogP contribution in [0.1, 0.15) is 53.4 Å². The van der Waals surface area contributed by atoms with Crippen LogP contribution in [0.15, 0.2) is 4.99 Å². The second-order valence-electron chi connectivity index (χ2n) is 6.16. The van der Waals surface area contributed by atoms with Gasteiger partial charge in [0.05, 0.1) is 0 Å². The molecule has 4 nitrogen and oxygen atoms in total. The lowest BCUT2D eigenvalue weighted by molar-refractivity contribution is 0.265. The van der Waals surface area contributed by atoms with Gasteiger partial charge in [-0.25, -0.2) is 0 Å². The highest BCUT2D eigenvalue weighted by atomic mass is 127. The summed E-state index contributed by atoms with van der Waals surface area (Å²) in [6.07, 6.45) is 5.10. The molecular formula is C17H37IN4. The highest BCUT2D eigenvalue weighted by Gasteiger charge is 2.18. The van der Waals surface area contributed by atoms with E-state index in [2.05, 4.69) is 42.8 Å². The Morgan fingerprint density at radius 2 is 1.95 bits per heavy atom. The molecular weight excluding hydrogens is 387 g/mol. The molecule has 1 heterocycles. The van der Waals surface area contributed by atoms with Crippen LogP contribution in [0.3, 0.4) is 0 Å². The Hall–Kier alpha value is -0.0400. The average Bonchev–Trinajstić information content (AvgIpc) is 2.50. The van der Waals surface area contributed by atoms with Gasteiger partial charge in [0.2, 0.25) is 0 Å². The van der Waals surface area contributed by atoms with Crippen molar-refractivity contribution in [2.45, 2.75) is 53.4 Å². The number of nitrogens with one attached hydrogen (secondary N) is 1. The molecule has 1 rings (SSSR count). The molecule has 1 fully saturated rings. The minimum Gasteiger partial charge on any atom is -0.357 e. The van der Waals surface area contributed by atoms with E-state index in [-0.39, 0.29) is 24.0 Å². The van der Waals surface area contributed by atoms with E-state index in [0.29, 0.717) is 0 Å². The number of guanidine groups is 1. The molecule has 1 aliphatic rings. The second-order valence-corrected chi connectivity index (χ2v) is 6.16.